The summed E-state index contributed by atoms with van der Waals surface area (Å²) in [6, 6.07) is 21.0. The summed E-state index contributed by atoms with van der Waals surface area (Å²) in [7, 11) is 1.59. The molecule has 0 aliphatic heterocycles. The van der Waals surface area contributed by atoms with Gasteiger partial charge >= 0.3 is 12.1 Å². The van der Waals surface area contributed by atoms with Crippen molar-refractivity contribution in [2.45, 2.75) is 46.3 Å². The molecule has 1 N–H and O–H groups in total. The van der Waals surface area contributed by atoms with Crippen LogP contribution in [0.4, 0.5) is 4.79 Å². The lowest BCUT2D eigenvalue weighted by atomic mass is 9.82. The summed E-state index contributed by atoms with van der Waals surface area (Å²) in [4.78, 5) is 26.4. The summed E-state index contributed by atoms with van der Waals surface area (Å²) in [6.07, 6.45) is -0.392. The van der Waals surface area contributed by atoms with Crippen molar-refractivity contribution in [1.82, 2.24) is 4.90 Å². The van der Waals surface area contributed by atoms with Crippen LogP contribution in [0.5, 0.6) is 5.75 Å². The van der Waals surface area contributed by atoms with Crippen LogP contribution in [0.1, 0.15) is 43.0 Å². The molecule has 35 heavy (non-hydrogen) atoms. The van der Waals surface area contributed by atoms with Crippen molar-refractivity contribution in [1.29, 1.82) is 0 Å². The normalized spacial score (nSPS) is 11.1. The van der Waals surface area contributed by atoms with Crippen LogP contribution in [-0.2, 0) is 28.1 Å². The number of aryl methyl sites for hydroxylation is 1. The highest BCUT2D eigenvalue weighted by Crippen LogP contribution is 2.37. The largest absolute Gasteiger partial charge is 0.496 e. The number of carboxylic acid groups (broad SMARTS) is 1. The zero-order chi connectivity index (χ0) is 25.6. The van der Waals surface area contributed by atoms with E-state index in [1.807, 2.05) is 68.4 Å². The molecule has 0 aromatic heterocycles. The summed E-state index contributed by atoms with van der Waals surface area (Å²) in [5.41, 5.74) is 4.17. The van der Waals surface area contributed by atoms with E-state index in [0.29, 0.717) is 24.4 Å². The number of amides is 1. The molecule has 6 nitrogen and oxygen atoms in total. The van der Waals surface area contributed by atoms with Gasteiger partial charge in [0.05, 0.1) is 12.5 Å². The SMILES string of the molecule is CCN(Cc1cc(C)ccc1-c1cc(C(C)(C)C(=O)O)ccc1OC)C(=O)OCc1ccccc1. The van der Waals surface area contributed by atoms with Gasteiger partial charge in [0.15, 0.2) is 0 Å². The lowest BCUT2D eigenvalue weighted by Crippen LogP contribution is -2.31. The van der Waals surface area contributed by atoms with Gasteiger partial charge in [0.25, 0.3) is 0 Å². The molecule has 0 saturated heterocycles. The number of benzene rings is 3. The van der Waals surface area contributed by atoms with Crippen molar-refractivity contribution in [3.05, 3.63) is 89.0 Å². The van der Waals surface area contributed by atoms with E-state index in [0.717, 1.165) is 27.8 Å². The molecule has 0 spiro atoms. The van der Waals surface area contributed by atoms with Crippen LogP contribution in [-0.4, -0.2) is 35.7 Å². The van der Waals surface area contributed by atoms with Gasteiger partial charge in [0, 0.05) is 18.7 Å². The quantitative estimate of drug-likeness (QED) is 0.399. The molecular weight excluding hydrogens is 442 g/mol. The predicted octanol–water partition coefficient (Wildman–Crippen LogP) is 6.19. The van der Waals surface area contributed by atoms with Crippen molar-refractivity contribution < 1.29 is 24.2 Å². The number of methoxy groups -OCH3 is 1. The fourth-order valence-corrected chi connectivity index (χ4v) is 3.87. The Hall–Kier alpha value is -3.80. The van der Waals surface area contributed by atoms with Crippen molar-refractivity contribution >= 4 is 12.1 Å². The van der Waals surface area contributed by atoms with Gasteiger partial charge in [-0.3, -0.25) is 4.79 Å². The Labute approximate surface area is 207 Å². The summed E-state index contributed by atoms with van der Waals surface area (Å²) >= 11 is 0. The van der Waals surface area contributed by atoms with Gasteiger partial charge in [0.2, 0.25) is 0 Å². The highest BCUT2D eigenvalue weighted by Gasteiger charge is 2.30. The second kappa shape index (κ2) is 11.1. The molecule has 0 atom stereocenters. The average molecular weight is 476 g/mol. The first-order valence-electron chi connectivity index (χ1n) is 11.6. The zero-order valence-electron chi connectivity index (χ0n) is 21.0. The van der Waals surface area contributed by atoms with Gasteiger partial charge in [-0.1, -0.05) is 60.2 Å². The van der Waals surface area contributed by atoms with E-state index in [2.05, 4.69) is 0 Å². The molecule has 6 heteroatoms. The number of rotatable bonds is 9. The second-order valence-corrected chi connectivity index (χ2v) is 9.06. The predicted molar refractivity (Wildman–Crippen MR) is 137 cm³/mol. The first-order valence-corrected chi connectivity index (χ1v) is 11.6. The van der Waals surface area contributed by atoms with Crippen LogP contribution in [0.15, 0.2) is 66.7 Å². The third kappa shape index (κ3) is 6.01. The van der Waals surface area contributed by atoms with Crippen LogP contribution in [0, 0.1) is 6.92 Å². The monoisotopic (exact) mass is 475 g/mol. The number of ether oxygens (including phenoxy) is 2. The number of carbonyl (C=O) groups is 2. The average Bonchev–Trinajstić information content (AvgIpc) is 2.86. The second-order valence-electron chi connectivity index (χ2n) is 9.06. The molecule has 0 heterocycles. The van der Waals surface area contributed by atoms with Crippen LogP contribution in [0.2, 0.25) is 0 Å². The van der Waals surface area contributed by atoms with Crippen molar-refractivity contribution in [2.24, 2.45) is 0 Å². The molecular formula is C29H33NO5. The van der Waals surface area contributed by atoms with Gasteiger partial charge in [-0.15, -0.1) is 0 Å². The maximum absolute atomic E-state index is 12.9. The third-order valence-electron chi connectivity index (χ3n) is 6.21. The molecule has 0 saturated carbocycles. The molecule has 3 rings (SSSR count). The number of nitrogens with zero attached hydrogens (tertiary/aromatic N) is 1. The Bertz CT molecular complexity index is 1190. The van der Waals surface area contributed by atoms with E-state index < -0.39 is 17.5 Å². The van der Waals surface area contributed by atoms with Gasteiger partial charge in [0.1, 0.15) is 12.4 Å². The van der Waals surface area contributed by atoms with Crippen LogP contribution < -0.4 is 4.74 Å². The minimum Gasteiger partial charge on any atom is -0.496 e. The maximum Gasteiger partial charge on any atom is 0.410 e. The number of hydrogen-bond donors (Lipinski definition) is 1. The Morgan fingerprint density at radius 2 is 1.69 bits per heavy atom. The molecule has 0 fully saturated rings. The smallest absolute Gasteiger partial charge is 0.410 e. The van der Waals surface area contributed by atoms with Crippen LogP contribution >= 0.6 is 0 Å². The highest BCUT2D eigenvalue weighted by molar-refractivity contribution is 5.83. The van der Waals surface area contributed by atoms with Crippen molar-refractivity contribution in [3.8, 4) is 16.9 Å². The molecule has 0 unspecified atom stereocenters. The molecule has 0 radical (unpaired) electrons. The highest BCUT2D eigenvalue weighted by atomic mass is 16.6. The van der Waals surface area contributed by atoms with Gasteiger partial charge in [-0.25, -0.2) is 4.79 Å². The standard InChI is InChI=1S/C29H33NO5/c1-6-30(28(33)35-19-21-10-8-7-9-11-21)18-22-16-20(2)12-14-24(22)25-17-23(13-15-26(25)34-5)29(3,4)27(31)32/h7-17H,6,18-19H2,1-5H3,(H,31,32). The summed E-state index contributed by atoms with van der Waals surface area (Å²) in [6.45, 7) is 8.30. The van der Waals surface area contributed by atoms with E-state index in [-0.39, 0.29) is 6.61 Å². The van der Waals surface area contributed by atoms with Gasteiger partial charge in [-0.2, -0.15) is 0 Å². The van der Waals surface area contributed by atoms with Crippen LogP contribution in [0.25, 0.3) is 11.1 Å². The van der Waals surface area contributed by atoms with Gasteiger partial charge in [-0.05, 0) is 62.1 Å². The lowest BCUT2D eigenvalue weighted by Gasteiger charge is -2.24. The molecule has 3 aromatic rings. The Kier molecular flexibility index (Phi) is 8.18. The summed E-state index contributed by atoms with van der Waals surface area (Å²) < 4.78 is 11.2. The summed E-state index contributed by atoms with van der Waals surface area (Å²) in [5.74, 6) is -0.272. The number of aliphatic carboxylic acids is 1. The molecule has 0 aliphatic carbocycles. The molecule has 0 aliphatic rings. The van der Waals surface area contributed by atoms with Crippen molar-refractivity contribution in [2.75, 3.05) is 13.7 Å². The number of carboxylic acids is 1. The third-order valence-corrected chi connectivity index (χ3v) is 6.21. The van der Waals surface area contributed by atoms with E-state index >= 15 is 0 Å². The Balaban J connectivity index is 1.95. The first kappa shape index (κ1) is 25.8. The van der Waals surface area contributed by atoms with E-state index in [1.165, 1.54) is 0 Å². The molecule has 0 bridgehead atoms. The van der Waals surface area contributed by atoms with E-state index in [4.69, 9.17) is 9.47 Å². The molecule has 184 valence electrons. The summed E-state index contributed by atoms with van der Waals surface area (Å²) in [5, 5.41) is 9.73. The Morgan fingerprint density at radius 1 is 0.971 bits per heavy atom. The lowest BCUT2D eigenvalue weighted by molar-refractivity contribution is -0.142. The van der Waals surface area contributed by atoms with E-state index in [9.17, 15) is 14.7 Å². The zero-order valence-corrected chi connectivity index (χ0v) is 21.0. The number of carbonyl (C=O) groups excluding carboxylic acids is 1. The first-order chi connectivity index (χ1) is 16.7. The fraction of sp³-hybridized carbons (Fsp3) is 0.310. The number of hydrogen-bond acceptors (Lipinski definition) is 4. The fourth-order valence-electron chi connectivity index (χ4n) is 3.87. The Morgan fingerprint density at radius 3 is 2.31 bits per heavy atom. The van der Waals surface area contributed by atoms with Gasteiger partial charge < -0.3 is 19.5 Å². The minimum absolute atomic E-state index is 0.205. The minimum atomic E-state index is -1.07. The topological polar surface area (TPSA) is 76.1 Å². The maximum atomic E-state index is 12.9. The van der Waals surface area contributed by atoms with Crippen molar-refractivity contribution in [3.63, 3.8) is 0 Å². The molecule has 3 aromatic carbocycles. The van der Waals surface area contributed by atoms with Crippen LogP contribution in [0.3, 0.4) is 0 Å². The molecule has 1 amide bonds. The van der Waals surface area contributed by atoms with E-state index in [1.54, 1.807) is 38.0 Å².